The normalized spacial score (nSPS) is 20.6. The van der Waals surface area contributed by atoms with Crippen molar-refractivity contribution in [1.82, 2.24) is 9.88 Å². The van der Waals surface area contributed by atoms with Crippen molar-refractivity contribution in [3.63, 3.8) is 0 Å². The van der Waals surface area contributed by atoms with Gasteiger partial charge in [-0.05, 0) is 26.1 Å². The number of para-hydroxylation sites is 1. The van der Waals surface area contributed by atoms with Gasteiger partial charge in [0.05, 0.1) is 17.1 Å². The number of aromatic nitrogens is 1. The number of hydrogen-bond donors (Lipinski definition) is 0. The number of rotatable bonds is 2. The van der Waals surface area contributed by atoms with E-state index in [1.165, 1.54) is 11.1 Å². The Labute approximate surface area is 125 Å². The lowest BCUT2D eigenvalue weighted by atomic mass is 10.1. The molecule has 3 rings (SSSR count). The average Bonchev–Trinajstić information content (AvgIpc) is 2.46. The second-order valence-electron chi connectivity index (χ2n) is 5.59. The van der Waals surface area contributed by atoms with Gasteiger partial charge in [0.25, 0.3) is 0 Å². The van der Waals surface area contributed by atoms with Crippen molar-refractivity contribution in [2.24, 2.45) is 0 Å². The van der Waals surface area contributed by atoms with Crippen LogP contribution in [-0.2, 0) is 5.88 Å². The molecule has 4 heteroatoms. The number of anilines is 1. The summed E-state index contributed by atoms with van der Waals surface area (Å²) in [4.78, 5) is 9.49. The summed E-state index contributed by atoms with van der Waals surface area (Å²) in [6.45, 7) is 5.52. The molecule has 0 bridgehead atoms. The Bertz CT molecular complexity index is 614. The predicted octanol–water partition coefficient (Wildman–Crippen LogP) is 3.11. The first-order chi connectivity index (χ1) is 9.69. The van der Waals surface area contributed by atoms with Gasteiger partial charge in [0.1, 0.15) is 0 Å². The first kappa shape index (κ1) is 13.7. The van der Waals surface area contributed by atoms with E-state index in [1.54, 1.807) is 0 Å². The van der Waals surface area contributed by atoms with E-state index in [0.29, 0.717) is 11.9 Å². The number of likely N-dealkylation sites (N-methyl/N-ethyl adjacent to an activating group) is 1. The van der Waals surface area contributed by atoms with Gasteiger partial charge in [-0.2, -0.15) is 0 Å². The molecule has 1 aliphatic rings. The highest BCUT2D eigenvalue weighted by atomic mass is 35.5. The van der Waals surface area contributed by atoms with Crippen molar-refractivity contribution in [3.05, 3.63) is 36.0 Å². The molecular weight excluding hydrogens is 270 g/mol. The van der Waals surface area contributed by atoms with E-state index in [-0.39, 0.29) is 0 Å². The molecule has 1 aliphatic heterocycles. The van der Waals surface area contributed by atoms with E-state index >= 15 is 0 Å². The predicted molar refractivity (Wildman–Crippen MR) is 85.6 cm³/mol. The highest BCUT2D eigenvalue weighted by Gasteiger charge is 2.23. The molecule has 0 aliphatic carbocycles. The molecule has 1 fully saturated rings. The van der Waals surface area contributed by atoms with Crippen LogP contribution < -0.4 is 4.90 Å². The van der Waals surface area contributed by atoms with E-state index in [1.807, 2.05) is 6.07 Å². The highest BCUT2D eigenvalue weighted by molar-refractivity contribution is 6.17. The molecule has 0 radical (unpaired) electrons. The van der Waals surface area contributed by atoms with Crippen LogP contribution in [-0.4, -0.2) is 42.6 Å². The summed E-state index contributed by atoms with van der Waals surface area (Å²) < 4.78 is 0. The highest BCUT2D eigenvalue weighted by Crippen LogP contribution is 2.29. The second kappa shape index (κ2) is 5.58. The van der Waals surface area contributed by atoms with Crippen molar-refractivity contribution in [2.75, 3.05) is 31.6 Å². The third kappa shape index (κ3) is 2.48. The van der Waals surface area contributed by atoms with E-state index in [2.05, 4.69) is 53.0 Å². The molecule has 106 valence electrons. The van der Waals surface area contributed by atoms with Crippen LogP contribution in [0.1, 0.15) is 12.6 Å². The molecule has 2 aromatic rings. The SMILES string of the molecule is CC1CN(C)CCN1c1cc(CCl)nc2ccccc12. The number of fused-ring (bicyclic) bond motifs is 1. The molecule has 20 heavy (non-hydrogen) atoms. The van der Waals surface area contributed by atoms with E-state index in [4.69, 9.17) is 11.6 Å². The maximum absolute atomic E-state index is 6.01. The summed E-state index contributed by atoms with van der Waals surface area (Å²) in [5.74, 6) is 0.458. The van der Waals surface area contributed by atoms with Gasteiger partial charge < -0.3 is 9.80 Å². The molecule has 1 atom stereocenters. The number of pyridine rings is 1. The number of hydrogen-bond acceptors (Lipinski definition) is 3. The fraction of sp³-hybridized carbons (Fsp3) is 0.438. The molecule has 3 nitrogen and oxygen atoms in total. The number of alkyl halides is 1. The number of nitrogens with zero attached hydrogens (tertiary/aromatic N) is 3. The lowest BCUT2D eigenvalue weighted by Crippen LogP contribution is -2.50. The van der Waals surface area contributed by atoms with Crippen molar-refractivity contribution >= 4 is 28.2 Å². The van der Waals surface area contributed by atoms with Crippen molar-refractivity contribution in [2.45, 2.75) is 18.8 Å². The van der Waals surface area contributed by atoms with Crippen LogP contribution >= 0.6 is 11.6 Å². The van der Waals surface area contributed by atoms with Crippen molar-refractivity contribution < 1.29 is 0 Å². The van der Waals surface area contributed by atoms with Gasteiger partial charge in [0.15, 0.2) is 0 Å². The van der Waals surface area contributed by atoms with Gasteiger partial charge in [0, 0.05) is 36.7 Å². The Morgan fingerprint density at radius 3 is 2.85 bits per heavy atom. The molecule has 1 saturated heterocycles. The molecular formula is C16H20ClN3. The van der Waals surface area contributed by atoms with E-state index < -0.39 is 0 Å². The summed E-state index contributed by atoms with van der Waals surface area (Å²) in [6.07, 6.45) is 0. The van der Waals surface area contributed by atoms with Gasteiger partial charge in [0.2, 0.25) is 0 Å². The zero-order valence-electron chi connectivity index (χ0n) is 12.0. The average molecular weight is 290 g/mol. The number of benzene rings is 1. The molecule has 0 amide bonds. The summed E-state index contributed by atoms with van der Waals surface area (Å²) in [5.41, 5.74) is 3.25. The third-order valence-corrected chi connectivity index (χ3v) is 4.30. The van der Waals surface area contributed by atoms with Crippen LogP contribution in [0.2, 0.25) is 0 Å². The molecule has 0 spiro atoms. The van der Waals surface area contributed by atoms with E-state index in [0.717, 1.165) is 30.8 Å². The summed E-state index contributed by atoms with van der Waals surface area (Å²) in [7, 11) is 2.18. The molecule has 1 aromatic heterocycles. The van der Waals surface area contributed by atoms with Gasteiger partial charge >= 0.3 is 0 Å². The Kier molecular flexibility index (Phi) is 3.81. The van der Waals surface area contributed by atoms with Crippen LogP contribution in [0.25, 0.3) is 10.9 Å². The smallest absolute Gasteiger partial charge is 0.0726 e. The fourth-order valence-corrected chi connectivity index (χ4v) is 3.15. The van der Waals surface area contributed by atoms with Gasteiger partial charge in [-0.15, -0.1) is 11.6 Å². The zero-order valence-corrected chi connectivity index (χ0v) is 12.8. The minimum Gasteiger partial charge on any atom is -0.366 e. The van der Waals surface area contributed by atoms with Crippen LogP contribution in [0, 0.1) is 0 Å². The maximum atomic E-state index is 6.01. The zero-order chi connectivity index (χ0) is 14.1. The minimum absolute atomic E-state index is 0.458. The Balaban J connectivity index is 2.09. The first-order valence-electron chi connectivity index (χ1n) is 7.09. The lowest BCUT2D eigenvalue weighted by Gasteiger charge is -2.40. The molecule has 0 N–H and O–H groups in total. The van der Waals surface area contributed by atoms with Gasteiger partial charge in [-0.3, -0.25) is 4.98 Å². The quantitative estimate of drug-likeness (QED) is 0.792. The molecule has 2 heterocycles. The third-order valence-electron chi connectivity index (χ3n) is 4.02. The van der Waals surface area contributed by atoms with Gasteiger partial charge in [-0.25, -0.2) is 0 Å². The minimum atomic E-state index is 0.458. The second-order valence-corrected chi connectivity index (χ2v) is 5.86. The molecule has 0 saturated carbocycles. The van der Waals surface area contributed by atoms with Crippen molar-refractivity contribution in [1.29, 1.82) is 0 Å². The van der Waals surface area contributed by atoms with Crippen molar-refractivity contribution in [3.8, 4) is 0 Å². The molecule has 1 unspecified atom stereocenters. The van der Waals surface area contributed by atoms with Crippen LogP contribution in [0.4, 0.5) is 5.69 Å². The Morgan fingerprint density at radius 2 is 2.10 bits per heavy atom. The largest absolute Gasteiger partial charge is 0.366 e. The monoisotopic (exact) mass is 289 g/mol. The Hall–Kier alpha value is -1.32. The lowest BCUT2D eigenvalue weighted by molar-refractivity contribution is 0.276. The first-order valence-corrected chi connectivity index (χ1v) is 7.62. The Morgan fingerprint density at radius 1 is 1.30 bits per heavy atom. The van der Waals surface area contributed by atoms with E-state index in [9.17, 15) is 0 Å². The fourth-order valence-electron chi connectivity index (χ4n) is 3.01. The molecule has 1 aromatic carbocycles. The topological polar surface area (TPSA) is 19.4 Å². The summed E-state index contributed by atoms with van der Waals surface area (Å²) >= 11 is 6.01. The maximum Gasteiger partial charge on any atom is 0.0726 e. The summed E-state index contributed by atoms with van der Waals surface area (Å²) in [5, 5.41) is 1.22. The standard InChI is InChI=1S/C16H20ClN3/c1-12-11-19(2)7-8-20(12)16-9-13(10-17)18-15-6-4-3-5-14(15)16/h3-6,9,12H,7-8,10-11H2,1-2H3. The van der Waals surface area contributed by atoms with Gasteiger partial charge in [-0.1, -0.05) is 18.2 Å². The van der Waals surface area contributed by atoms with Crippen LogP contribution in [0.5, 0.6) is 0 Å². The number of piperazine rings is 1. The van der Waals surface area contributed by atoms with Crippen LogP contribution in [0.3, 0.4) is 0 Å². The number of halogens is 1. The van der Waals surface area contributed by atoms with Crippen LogP contribution in [0.15, 0.2) is 30.3 Å². The summed E-state index contributed by atoms with van der Waals surface area (Å²) in [6, 6.07) is 11.0.